The summed E-state index contributed by atoms with van der Waals surface area (Å²) in [4.78, 5) is 15.8. The van der Waals surface area contributed by atoms with Crippen LogP contribution in [0.3, 0.4) is 0 Å². The van der Waals surface area contributed by atoms with Crippen LogP contribution in [0, 0.1) is 5.92 Å². The fourth-order valence-corrected chi connectivity index (χ4v) is 1.78. The van der Waals surface area contributed by atoms with Gasteiger partial charge in [-0.05, 0) is 12.0 Å². The molecule has 1 fully saturated rings. The second-order valence-corrected chi connectivity index (χ2v) is 3.97. The fourth-order valence-electron chi connectivity index (χ4n) is 1.78. The molecule has 2 nitrogen and oxygen atoms in total. The van der Waals surface area contributed by atoms with Crippen LogP contribution in [0.5, 0.6) is 0 Å². The molecule has 0 aromatic carbocycles. The monoisotopic (exact) mass is 189 g/mol. The zero-order chi connectivity index (χ0) is 9.80. The first-order valence-electron chi connectivity index (χ1n) is 5.28. The van der Waals surface area contributed by atoms with Gasteiger partial charge in [-0.15, -0.1) is 0 Å². The molecule has 0 radical (unpaired) electrons. The van der Waals surface area contributed by atoms with Crippen LogP contribution >= 0.6 is 0 Å². The van der Waals surface area contributed by atoms with E-state index >= 15 is 0 Å². The highest BCUT2D eigenvalue weighted by molar-refractivity contribution is 5.98. The SMILES string of the molecule is O=C(CC1CCC1)C1=CCC=NC=C1. The summed E-state index contributed by atoms with van der Waals surface area (Å²) in [6.45, 7) is 0. The molecule has 2 heteroatoms. The third-order valence-electron chi connectivity index (χ3n) is 2.91. The quantitative estimate of drug-likeness (QED) is 0.671. The standard InChI is InChI=1S/C12H15NO/c14-12(9-10-3-1-4-10)11-5-2-7-13-8-6-11/h5-8,10H,1-4,9H2. The Kier molecular flexibility index (Phi) is 2.92. The maximum Gasteiger partial charge on any atom is 0.162 e. The Bertz CT molecular complexity index is 308. The van der Waals surface area contributed by atoms with Crippen molar-refractivity contribution in [3.63, 3.8) is 0 Å². The molecule has 14 heavy (non-hydrogen) atoms. The minimum Gasteiger partial charge on any atom is -0.294 e. The van der Waals surface area contributed by atoms with Crippen LogP contribution in [-0.2, 0) is 4.79 Å². The number of hydrogen-bond donors (Lipinski definition) is 0. The van der Waals surface area contributed by atoms with Crippen LogP contribution in [0.25, 0.3) is 0 Å². The maximum absolute atomic E-state index is 11.8. The second-order valence-electron chi connectivity index (χ2n) is 3.97. The van der Waals surface area contributed by atoms with Crippen LogP contribution in [0.1, 0.15) is 32.1 Å². The summed E-state index contributed by atoms with van der Waals surface area (Å²) >= 11 is 0. The molecule has 74 valence electrons. The number of ketones is 1. The lowest BCUT2D eigenvalue weighted by molar-refractivity contribution is -0.116. The predicted octanol–water partition coefficient (Wildman–Crippen LogP) is 2.66. The van der Waals surface area contributed by atoms with E-state index in [1.54, 1.807) is 6.20 Å². The van der Waals surface area contributed by atoms with Gasteiger partial charge in [0, 0.05) is 30.8 Å². The second kappa shape index (κ2) is 4.36. The summed E-state index contributed by atoms with van der Waals surface area (Å²) in [5.74, 6) is 0.942. The zero-order valence-corrected chi connectivity index (χ0v) is 8.28. The molecule has 0 spiro atoms. The molecule has 2 aliphatic rings. The number of carbonyl (C=O) groups is 1. The average molecular weight is 189 g/mol. The van der Waals surface area contributed by atoms with Crippen LogP contribution in [0.15, 0.2) is 28.9 Å². The third-order valence-corrected chi connectivity index (χ3v) is 2.91. The van der Waals surface area contributed by atoms with Gasteiger partial charge in [0.25, 0.3) is 0 Å². The highest BCUT2D eigenvalue weighted by atomic mass is 16.1. The molecule has 2 rings (SSSR count). The van der Waals surface area contributed by atoms with Crippen molar-refractivity contribution < 1.29 is 4.79 Å². The van der Waals surface area contributed by atoms with Crippen LogP contribution in [-0.4, -0.2) is 12.0 Å². The molecule has 1 heterocycles. The first-order valence-corrected chi connectivity index (χ1v) is 5.28. The zero-order valence-electron chi connectivity index (χ0n) is 8.28. The summed E-state index contributed by atoms with van der Waals surface area (Å²) in [6.07, 6.45) is 12.6. The number of Topliss-reactive ketones (excluding diaryl/α,β-unsaturated/α-hetero) is 1. The van der Waals surface area contributed by atoms with Crippen molar-refractivity contribution >= 4 is 12.0 Å². The summed E-state index contributed by atoms with van der Waals surface area (Å²) in [6, 6.07) is 0. The molecule has 0 unspecified atom stereocenters. The van der Waals surface area contributed by atoms with Crippen LogP contribution in [0.4, 0.5) is 0 Å². The number of hydrogen-bond acceptors (Lipinski definition) is 2. The van der Waals surface area contributed by atoms with Gasteiger partial charge in [0.15, 0.2) is 5.78 Å². The molecular formula is C12H15NO. The van der Waals surface area contributed by atoms with E-state index in [0.717, 1.165) is 18.4 Å². The van der Waals surface area contributed by atoms with Crippen LogP contribution < -0.4 is 0 Å². The number of nitrogens with zero attached hydrogens (tertiary/aromatic N) is 1. The van der Waals surface area contributed by atoms with Gasteiger partial charge in [-0.2, -0.15) is 0 Å². The maximum atomic E-state index is 11.8. The van der Waals surface area contributed by atoms with E-state index < -0.39 is 0 Å². The van der Waals surface area contributed by atoms with E-state index in [1.807, 2.05) is 18.4 Å². The van der Waals surface area contributed by atoms with Crippen LogP contribution in [0.2, 0.25) is 0 Å². The van der Waals surface area contributed by atoms with Gasteiger partial charge in [0.05, 0.1) is 0 Å². The molecule has 0 amide bonds. The lowest BCUT2D eigenvalue weighted by atomic mass is 9.81. The molecule has 0 aromatic heterocycles. The van der Waals surface area contributed by atoms with Crippen molar-refractivity contribution in [2.75, 3.05) is 0 Å². The molecule has 0 atom stereocenters. The first kappa shape index (κ1) is 9.38. The first-order chi connectivity index (χ1) is 6.86. The van der Waals surface area contributed by atoms with Crippen molar-refractivity contribution in [2.45, 2.75) is 32.1 Å². The lowest BCUT2D eigenvalue weighted by Gasteiger charge is -2.24. The number of carbonyl (C=O) groups excluding carboxylic acids is 1. The van der Waals surface area contributed by atoms with Crippen molar-refractivity contribution in [3.05, 3.63) is 23.9 Å². The Hall–Kier alpha value is -1.18. The number of allylic oxidation sites excluding steroid dienone is 3. The van der Waals surface area contributed by atoms with Crippen molar-refractivity contribution in [2.24, 2.45) is 10.9 Å². The van der Waals surface area contributed by atoms with Crippen molar-refractivity contribution in [1.82, 2.24) is 0 Å². The lowest BCUT2D eigenvalue weighted by Crippen LogP contribution is -2.16. The normalized spacial score (nSPS) is 21.3. The Morgan fingerprint density at radius 3 is 3.07 bits per heavy atom. The highest BCUT2D eigenvalue weighted by Gasteiger charge is 2.21. The summed E-state index contributed by atoms with van der Waals surface area (Å²) in [7, 11) is 0. The van der Waals surface area contributed by atoms with Gasteiger partial charge in [0.1, 0.15) is 0 Å². The molecular weight excluding hydrogens is 174 g/mol. The molecule has 1 saturated carbocycles. The predicted molar refractivity (Wildman–Crippen MR) is 57.3 cm³/mol. The summed E-state index contributed by atoms with van der Waals surface area (Å²) in [5.41, 5.74) is 0.842. The van der Waals surface area contributed by atoms with Gasteiger partial charge >= 0.3 is 0 Å². The van der Waals surface area contributed by atoms with Crippen molar-refractivity contribution in [3.8, 4) is 0 Å². The highest BCUT2D eigenvalue weighted by Crippen LogP contribution is 2.30. The molecule has 0 saturated heterocycles. The topological polar surface area (TPSA) is 29.4 Å². The summed E-state index contributed by atoms with van der Waals surface area (Å²) in [5, 5.41) is 0. The van der Waals surface area contributed by atoms with E-state index in [2.05, 4.69) is 4.99 Å². The Morgan fingerprint density at radius 1 is 1.50 bits per heavy atom. The number of rotatable bonds is 3. The molecule has 0 bridgehead atoms. The van der Waals surface area contributed by atoms with E-state index in [9.17, 15) is 4.79 Å². The molecule has 0 N–H and O–H groups in total. The summed E-state index contributed by atoms with van der Waals surface area (Å²) < 4.78 is 0. The molecule has 1 aliphatic heterocycles. The molecule has 1 aliphatic carbocycles. The van der Waals surface area contributed by atoms with Gasteiger partial charge in [0.2, 0.25) is 0 Å². The van der Waals surface area contributed by atoms with E-state index in [-0.39, 0.29) is 5.78 Å². The molecule has 0 aromatic rings. The smallest absolute Gasteiger partial charge is 0.162 e. The van der Waals surface area contributed by atoms with Gasteiger partial charge < -0.3 is 0 Å². The fraction of sp³-hybridized carbons (Fsp3) is 0.500. The van der Waals surface area contributed by atoms with E-state index in [0.29, 0.717) is 5.92 Å². The van der Waals surface area contributed by atoms with Gasteiger partial charge in [-0.25, -0.2) is 0 Å². The average Bonchev–Trinajstić information content (AvgIpc) is 2.38. The van der Waals surface area contributed by atoms with Gasteiger partial charge in [-0.1, -0.05) is 25.3 Å². The largest absolute Gasteiger partial charge is 0.294 e. The Balaban J connectivity index is 1.92. The van der Waals surface area contributed by atoms with E-state index in [1.165, 1.54) is 19.3 Å². The third kappa shape index (κ3) is 2.19. The minimum absolute atomic E-state index is 0.288. The Morgan fingerprint density at radius 2 is 2.36 bits per heavy atom. The van der Waals surface area contributed by atoms with Crippen molar-refractivity contribution in [1.29, 1.82) is 0 Å². The Labute approximate surface area is 84.4 Å². The number of aliphatic imine (C=N–C) groups is 1. The van der Waals surface area contributed by atoms with E-state index in [4.69, 9.17) is 0 Å². The minimum atomic E-state index is 0.288. The van der Waals surface area contributed by atoms with Gasteiger partial charge in [-0.3, -0.25) is 9.79 Å².